The molecule has 4 nitrogen and oxygen atoms in total. The van der Waals surface area contributed by atoms with E-state index in [0.717, 1.165) is 6.08 Å². The summed E-state index contributed by atoms with van der Waals surface area (Å²) in [5, 5.41) is 8.22. The Bertz CT molecular complexity index is 162. The first-order chi connectivity index (χ1) is 5.20. The Morgan fingerprint density at radius 2 is 2.18 bits per heavy atom. The molecule has 0 heterocycles. The number of esters is 1. The topological polar surface area (TPSA) is 63.6 Å². The van der Waals surface area contributed by atoms with Gasteiger partial charge in [-0.25, -0.2) is 0 Å². The van der Waals surface area contributed by atoms with Crippen LogP contribution in [0.3, 0.4) is 0 Å². The van der Waals surface area contributed by atoms with Gasteiger partial charge in [0, 0.05) is 0 Å². The van der Waals surface area contributed by atoms with E-state index >= 15 is 0 Å². The summed E-state index contributed by atoms with van der Waals surface area (Å²) in [5.41, 5.74) is 0. The van der Waals surface area contributed by atoms with E-state index in [9.17, 15) is 9.59 Å². The second kappa shape index (κ2) is 5.61. The van der Waals surface area contributed by atoms with Crippen LogP contribution in [0.25, 0.3) is 0 Å². The van der Waals surface area contributed by atoms with Crippen molar-refractivity contribution in [2.45, 2.75) is 6.42 Å². The smallest absolute Gasteiger partial charge is 0.313 e. The Balaban J connectivity index is 3.52. The molecular formula is C7H10O4. The number of allylic oxidation sites excluding steroid dienone is 1. The highest BCUT2D eigenvalue weighted by Gasteiger charge is 2.06. The summed E-state index contributed by atoms with van der Waals surface area (Å²) < 4.78 is 4.41. The third kappa shape index (κ3) is 5.29. The van der Waals surface area contributed by atoms with Gasteiger partial charge < -0.3 is 9.84 Å². The molecule has 0 aliphatic rings. The van der Waals surface area contributed by atoms with Gasteiger partial charge in [-0.05, 0) is 6.08 Å². The number of rotatable bonds is 5. The molecule has 4 heteroatoms. The Morgan fingerprint density at radius 1 is 1.55 bits per heavy atom. The summed E-state index contributed by atoms with van der Waals surface area (Å²) in [6, 6.07) is 0. The number of aliphatic hydroxyl groups is 1. The number of aliphatic hydroxyl groups excluding tert-OH is 1. The van der Waals surface area contributed by atoms with Crippen LogP contribution in [-0.2, 0) is 14.3 Å². The van der Waals surface area contributed by atoms with Crippen LogP contribution in [0.5, 0.6) is 0 Å². The molecule has 0 amide bonds. The molecule has 0 atom stereocenters. The summed E-state index contributed by atoms with van der Waals surface area (Å²) in [6.45, 7) is 2.89. The van der Waals surface area contributed by atoms with E-state index in [1.165, 1.54) is 0 Å². The molecule has 0 saturated carbocycles. The van der Waals surface area contributed by atoms with E-state index in [2.05, 4.69) is 11.3 Å². The largest absolute Gasteiger partial charge is 0.463 e. The molecule has 0 fully saturated rings. The monoisotopic (exact) mass is 158 g/mol. The fraction of sp³-hybridized carbons (Fsp3) is 0.429. The number of hydrogen-bond acceptors (Lipinski definition) is 4. The lowest BCUT2D eigenvalue weighted by atomic mass is 10.3. The molecule has 0 bridgehead atoms. The highest BCUT2D eigenvalue weighted by atomic mass is 16.5. The van der Waals surface area contributed by atoms with Gasteiger partial charge in [0.25, 0.3) is 0 Å². The maximum Gasteiger partial charge on any atom is 0.313 e. The number of ether oxygens (including phenoxy) is 1. The van der Waals surface area contributed by atoms with E-state index in [1.807, 2.05) is 0 Å². The third-order valence-electron chi connectivity index (χ3n) is 0.901. The molecule has 0 rings (SSSR count). The predicted molar refractivity (Wildman–Crippen MR) is 37.9 cm³/mol. The van der Waals surface area contributed by atoms with Crippen LogP contribution >= 0.6 is 0 Å². The lowest BCUT2D eigenvalue weighted by molar-refractivity contribution is -0.146. The summed E-state index contributed by atoms with van der Waals surface area (Å²) in [5.74, 6) is -1.02. The summed E-state index contributed by atoms with van der Waals surface area (Å²) in [7, 11) is 0. The summed E-state index contributed by atoms with van der Waals surface area (Å²) in [4.78, 5) is 21.1. The van der Waals surface area contributed by atoms with Crippen LogP contribution in [0.2, 0.25) is 0 Å². The lowest BCUT2D eigenvalue weighted by Gasteiger charge is -1.98. The number of hydrogen-bond donors (Lipinski definition) is 1. The molecular weight excluding hydrogens is 148 g/mol. The minimum Gasteiger partial charge on any atom is -0.463 e. The molecule has 0 aromatic carbocycles. The minimum atomic E-state index is -0.635. The molecule has 0 unspecified atom stereocenters. The third-order valence-corrected chi connectivity index (χ3v) is 0.901. The van der Waals surface area contributed by atoms with Crippen LogP contribution in [-0.4, -0.2) is 30.1 Å². The Kier molecular flexibility index (Phi) is 5.02. The van der Waals surface area contributed by atoms with Gasteiger partial charge in [0.05, 0.1) is 6.61 Å². The highest BCUT2D eigenvalue weighted by Crippen LogP contribution is 1.88. The van der Waals surface area contributed by atoms with Gasteiger partial charge in [-0.15, -0.1) is 0 Å². The van der Waals surface area contributed by atoms with Crippen molar-refractivity contribution in [1.29, 1.82) is 0 Å². The molecule has 11 heavy (non-hydrogen) atoms. The van der Waals surface area contributed by atoms with Gasteiger partial charge in [-0.2, -0.15) is 0 Å². The number of ketones is 1. The molecule has 0 aromatic heterocycles. The molecule has 0 radical (unpaired) electrons. The van der Waals surface area contributed by atoms with Crippen LogP contribution in [0.1, 0.15) is 6.42 Å². The first-order valence-corrected chi connectivity index (χ1v) is 3.12. The fourth-order valence-electron chi connectivity index (χ4n) is 0.425. The predicted octanol–water partition coefficient (Wildman–Crippen LogP) is -0.333. The molecule has 0 spiro atoms. The minimum absolute atomic E-state index is 0.0662. The second-order valence-corrected chi connectivity index (χ2v) is 1.79. The SMILES string of the molecule is C=CC(=O)CC(=O)OCCO. The van der Waals surface area contributed by atoms with Gasteiger partial charge >= 0.3 is 5.97 Å². The van der Waals surface area contributed by atoms with E-state index in [4.69, 9.17) is 5.11 Å². The van der Waals surface area contributed by atoms with Crippen molar-refractivity contribution in [2.24, 2.45) is 0 Å². The standard InChI is InChI=1S/C7H10O4/c1-2-6(9)5-7(10)11-4-3-8/h2,8H,1,3-5H2. The zero-order valence-electron chi connectivity index (χ0n) is 6.08. The molecule has 0 aliphatic carbocycles. The summed E-state index contributed by atoms with van der Waals surface area (Å²) in [6.07, 6.45) is 0.754. The molecule has 62 valence electrons. The van der Waals surface area contributed by atoms with E-state index in [-0.39, 0.29) is 25.4 Å². The van der Waals surface area contributed by atoms with Gasteiger partial charge in [-0.3, -0.25) is 9.59 Å². The maximum atomic E-state index is 10.6. The maximum absolute atomic E-state index is 10.6. The first-order valence-electron chi connectivity index (χ1n) is 3.12. The van der Waals surface area contributed by atoms with Crippen molar-refractivity contribution in [2.75, 3.05) is 13.2 Å². The van der Waals surface area contributed by atoms with E-state index in [1.54, 1.807) is 0 Å². The Morgan fingerprint density at radius 3 is 2.64 bits per heavy atom. The fourth-order valence-corrected chi connectivity index (χ4v) is 0.425. The van der Waals surface area contributed by atoms with Crippen molar-refractivity contribution in [3.05, 3.63) is 12.7 Å². The number of carbonyl (C=O) groups excluding carboxylic acids is 2. The van der Waals surface area contributed by atoms with Gasteiger partial charge in [0.2, 0.25) is 0 Å². The average Bonchev–Trinajstić information content (AvgIpc) is 2.00. The van der Waals surface area contributed by atoms with Crippen molar-refractivity contribution < 1.29 is 19.4 Å². The highest BCUT2D eigenvalue weighted by molar-refractivity contribution is 6.01. The van der Waals surface area contributed by atoms with E-state index in [0.29, 0.717) is 0 Å². The molecule has 0 saturated heterocycles. The first kappa shape index (κ1) is 9.84. The lowest BCUT2D eigenvalue weighted by Crippen LogP contribution is -2.11. The quantitative estimate of drug-likeness (QED) is 0.338. The van der Waals surface area contributed by atoms with Gasteiger partial charge in [0.15, 0.2) is 5.78 Å². The van der Waals surface area contributed by atoms with Crippen LogP contribution in [0.4, 0.5) is 0 Å². The zero-order chi connectivity index (χ0) is 8.69. The zero-order valence-corrected chi connectivity index (χ0v) is 6.08. The van der Waals surface area contributed by atoms with Gasteiger partial charge in [-0.1, -0.05) is 6.58 Å². The number of carbonyl (C=O) groups is 2. The molecule has 1 N–H and O–H groups in total. The van der Waals surface area contributed by atoms with Crippen molar-refractivity contribution >= 4 is 11.8 Å². The Hall–Kier alpha value is -1.16. The normalized spacial score (nSPS) is 8.82. The van der Waals surface area contributed by atoms with Crippen molar-refractivity contribution in [3.8, 4) is 0 Å². The molecule has 0 aromatic rings. The Labute approximate surface area is 64.5 Å². The van der Waals surface area contributed by atoms with E-state index < -0.39 is 5.97 Å². The second-order valence-electron chi connectivity index (χ2n) is 1.79. The van der Waals surface area contributed by atoms with Crippen LogP contribution < -0.4 is 0 Å². The van der Waals surface area contributed by atoms with Crippen LogP contribution in [0, 0.1) is 0 Å². The van der Waals surface area contributed by atoms with Crippen molar-refractivity contribution in [1.82, 2.24) is 0 Å². The van der Waals surface area contributed by atoms with Crippen LogP contribution in [0.15, 0.2) is 12.7 Å². The van der Waals surface area contributed by atoms with Gasteiger partial charge in [0.1, 0.15) is 13.0 Å². The average molecular weight is 158 g/mol. The van der Waals surface area contributed by atoms with Crippen molar-refractivity contribution in [3.63, 3.8) is 0 Å². The molecule has 0 aliphatic heterocycles. The summed E-state index contributed by atoms with van der Waals surface area (Å²) >= 11 is 0.